The van der Waals surface area contributed by atoms with Crippen molar-refractivity contribution in [3.8, 4) is 5.75 Å². The van der Waals surface area contributed by atoms with Crippen molar-refractivity contribution in [2.75, 3.05) is 20.8 Å². The first-order valence-corrected chi connectivity index (χ1v) is 6.29. The van der Waals surface area contributed by atoms with Gasteiger partial charge >= 0.3 is 0 Å². The van der Waals surface area contributed by atoms with Crippen LogP contribution in [0.3, 0.4) is 0 Å². The Morgan fingerprint density at radius 1 is 1.33 bits per heavy atom. The van der Waals surface area contributed by atoms with E-state index in [4.69, 9.17) is 15.3 Å². The average Bonchev–Trinajstić information content (AvgIpc) is 2.42. The number of nitrogens with one attached hydrogen (secondary N) is 1. The molecule has 0 amide bonds. The summed E-state index contributed by atoms with van der Waals surface area (Å²) in [6, 6.07) is 8.33. The van der Waals surface area contributed by atoms with Gasteiger partial charge in [-0.3, -0.25) is 11.3 Å². The Balaban J connectivity index is 2.60. The third kappa shape index (κ3) is 4.64. The lowest BCUT2D eigenvalue weighted by Gasteiger charge is -2.23. The van der Waals surface area contributed by atoms with Gasteiger partial charge in [0.05, 0.1) is 7.11 Å². The summed E-state index contributed by atoms with van der Waals surface area (Å²) in [5.41, 5.74) is 4.12. The minimum atomic E-state index is 0.243. The van der Waals surface area contributed by atoms with E-state index < -0.39 is 0 Å². The summed E-state index contributed by atoms with van der Waals surface area (Å²) in [6.07, 6.45) is 1.88. The van der Waals surface area contributed by atoms with Gasteiger partial charge in [0.2, 0.25) is 0 Å². The second-order valence-electron chi connectivity index (χ2n) is 4.59. The maximum atomic E-state index is 5.64. The lowest BCUT2D eigenvalue weighted by atomic mass is 9.93. The highest BCUT2D eigenvalue weighted by Crippen LogP contribution is 2.17. The van der Waals surface area contributed by atoms with E-state index in [1.54, 1.807) is 14.2 Å². The van der Waals surface area contributed by atoms with Crippen LogP contribution in [0.1, 0.15) is 18.9 Å². The zero-order chi connectivity index (χ0) is 13.4. The summed E-state index contributed by atoms with van der Waals surface area (Å²) in [5.74, 6) is 6.98. The number of benzene rings is 1. The van der Waals surface area contributed by atoms with Crippen molar-refractivity contribution in [1.29, 1.82) is 0 Å². The zero-order valence-corrected chi connectivity index (χ0v) is 11.5. The van der Waals surface area contributed by atoms with E-state index in [0.717, 1.165) is 25.2 Å². The Morgan fingerprint density at radius 3 is 2.72 bits per heavy atom. The van der Waals surface area contributed by atoms with Crippen LogP contribution >= 0.6 is 0 Å². The van der Waals surface area contributed by atoms with Crippen LogP contribution < -0.4 is 16.0 Å². The molecule has 1 rings (SSSR count). The van der Waals surface area contributed by atoms with Crippen molar-refractivity contribution < 1.29 is 9.47 Å². The van der Waals surface area contributed by atoms with Crippen LogP contribution in [0.4, 0.5) is 0 Å². The van der Waals surface area contributed by atoms with Gasteiger partial charge in [-0.25, -0.2) is 0 Å². The number of nitrogens with two attached hydrogens (primary N) is 1. The standard InChI is InChI=1S/C14H24N2O2/c1-11(7-8-17-2)14(16-15)10-12-5-4-6-13(9-12)18-3/h4-6,9,11,14,16H,7-8,10,15H2,1-3H3. The minimum absolute atomic E-state index is 0.243. The summed E-state index contributed by atoms with van der Waals surface area (Å²) in [6.45, 7) is 2.95. The van der Waals surface area contributed by atoms with E-state index in [1.807, 2.05) is 18.2 Å². The molecule has 0 aromatic heterocycles. The van der Waals surface area contributed by atoms with Crippen LogP contribution in [0, 0.1) is 5.92 Å². The predicted octanol–water partition coefficient (Wildman–Crippen LogP) is 1.74. The van der Waals surface area contributed by atoms with Crippen LogP contribution in [0.5, 0.6) is 5.75 Å². The van der Waals surface area contributed by atoms with Crippen LogP contribution in [0.25, 0.3) is 0 Å². The van der Waals surface area contributed by atoms with Crippen molar-refractivity contribution >= 4 is 0 Å². The largest absolute Gasteiger partial charge is 0.497 e. The minimum Gasteiger partial charge on any atom is -0.497 e. The molecule has 0 heterocycles. The maximum Gasteiger partial charge on any atom is 0.119 e. The Bertz CT molecular complexity index is 344. The number of ether oxygens (including phenoxy) is 2. The van der Waals surface area contributed by atoms with Gasteiger partial charge < -0.3 is 9.47 Å². The van der Waals surface area contributed by atoms with Crippen molar-refractivity contribution in [1.82, 2.24) is 5.43 Å². The number of hydrazine groups is 1. The Labute approximate surface area is 109 Å². The van der Waals surface area contributed by atoms with Gasteiger partial charge in [0, 0.05) is 19.8 Å². The molecule has 0 bridgehead atoms. The Kier molecular flexibility index (Phi) is 6.72. The lowest BCUT2D eigenvalue weighted by Crippen LogP contribution is -2.41. The average molecular weight is 252 g/mol. The van der Waals surface area contributed by atoms with Crippen molar-refractivity contribution in [3.63, 3.8) is 0 Å². The number of rotatable bonds is 8. The number of methoxy groups -OCH3 is 2. The molecule has 0 aliphatic carbocycles. The summed E-state index contributed by atoms with van der Waals surface area (Å²) in [4.78, 5) is 0. The second-order valence-corrected chi connectivity index (χ2v) is 4.59. The predicted molar refractivity (Wildman–Crippen MR) is 73.5 cm³/mol. The zero-order valence-electron chi connectivity index (χ0n) is 11.5. The van der Waals surface area contributed by atoms with Gasteiger partial charge in [0.1, 0.15) is 5.75 Å². The van der Waals surface area contributed by atoms with E-state index in [0.29, 0.717) is 5.92 Å². The van der Waals surface area contributed by atoms with Crippen molar-refractivity contribution in [2.24, 2.45) is 11.8 Å². The van der Waals surface area contributed by atoms with Gasteiger partial charge in [-0.05, 0) is 36.5 Å². The van der Waals surface area contributed by atoms with Crippen molar-refractivity contribution in [3.05, 3.63) is 29.8 Å². The summed E-state index contributed by atoms with van der Waals surface area (Å²) in [5, 5.41) is 0. The van der Waals surface area contributed by atoms with Crippen LogP contribution in [0.15, 0.2) is 24.3 Å². The monoisotopic (exact) mass is 252 g/mol. The normalized spacial score (nSPS) is 14.2. The second kappa shape index (κ2) is 8.08. The molecule has 0 aliphatic heterocycles. The topological polar surface area (TPSA) is 56.5 Å². The highest BCUT2D eigenvalue weighted by Gasteiger charge is 2.16. The van der Waals surface area contributed by atoms with Gasteiger partial charge in [0.15, 0.2) is 0 Å². The summed E-state index contributed by atoms with van der Waals surface area (Å²) >= 11 is 0. The Morgan fingerprint density at radius 2 is 2.11 bits per heavy atom. The van der Waals surface area contributed by atoms with Crippen LogP contribution in [0.2, 0.25) is 0 Å². The molecule has 0 aliphatic rings. The lowest BCUT2D eigenvalue weighted by molar-refractivity contribution is 0.170. The van der Waals surface area contributed by atoms with E-state index in [9.17, 15) is 0 Å². The maximum absolute atomic E-state index is 5.64. The molecule has 18 heavy (non-hydrogen) atoms. The van der Waals surface area contributed by atoms with Crippen LogP contribution in [-0.4, -0.2) is 26.9 Å². The highest BCUT2D eigenvalue weighted by molar-refractivity contribution is 5.29. The quantitative estimate of drug-likeness (QED) is 0.546. The van der Waals surface area contributed by atoms with E-state index in [-0.39, 0.29) is 6.04 Å². The molecule has 0 saturated carbocycles. The number of hydrogen-bond acceptors (Lipinski definition) is 4. The molecule has 3 N–H and O–H groups in total. The Hall–Kier alpha value is -1.10. The molecule has 0 spiro atoms. The fourth-order valence-corrected chi connectivity index (χ4v) is 1.98. The summed E-state index contributed by atoms with van der Waals surface area (Å²) in [7, 11) is 3.40. The first-order chi connectivity index (χ1) is 8.71. The molecule has 1 aromatic rings. The smallest absolute Gasteiger partial charge is 0.119 e. The fourth-order valence-electron chi connectivity index (χ4n) is 1.98. The molecule has 2 atom stereocenters. The van der Waals surface area contributed by atoms with Gasteiger partial charge in [-0.2, -0.15) is 0 Å². The third-order valence-corrected chi connectivity index (χ3v) is 3.27. The number of hydrogen-bond donors (Lipinski definition) is 2. The van der Waals surface area contributed by atoms with Gasteiger partial charge in [-0.1, -0.05) is 19.1 Å². The molecule has 0 fully saturated rings. The molecule has 2 unspecified atom stereocenters. The molecule has 4 nitrogen and oxygen atoms in total. The third-order valence-electron chi connectivity index (χ3n) is 3.27. The SMILES string of the molecule is COCCC(C)C(Cc1cccc(OC)c1)NN. The molecule has 102 valence electrons. The first-order valence-electron chi connectivity index (χ1n) is 6.29. The van der Waals surface area contributed by atoms with Crippen molar-refractivity contribution in [2.45, 2.75) is 25.8 Å². The molecule has 0 radical (unpaired) electrons. The van der Waals surface area contributed by atoms with Gasteiger partial charge in [-0.15, -0.1) is 0 Å². The summed E-state index contributed by atoms with van der Waals surface area (Å²) < 4.78 is 10.3. The fraction of sp³-hybridized carbons (Fsp3) is 0.571. The van der Waals surface area contributed by atoms with E-state index in [2.05, 4.69) is 18.4 Å². The molecular weight excluding hydrogens is 228 g/mol. The first kappa shape index (κ1) is 15.0. The molecule has 4 heteroatoms. The van der Waals surface area contributed by atoms with Gasteiger partial charge in [0.25, 0.3) is 0 Å². The highest BCUT2D eigenvalue weighted by atomic mass is 16.5. The van der Waals surface area contributed by atoms with E-state index in [1.165, 1.54) is 5.56 Å². The molecule has 0 saturated heterocycles. The molecule has 1 aromatic carbocycles. The van der Waals surface area contributed by atoms with Crippen LogP contribution in [-0.2, 0) is 11.2 Å². The molecular formula is C14H24N2O2. The van der Waals surface area contributed by atoms with E-state index >= 15 is 0 Å².